The third kappa shape index (κ3) is 3.58. The highest BCUT2D eigenvalue weighted by Gasteiger charge is 2.23. The normalized spacial score (nSPS) is 23.3. The number of piperidine rings is 1. The summed E-state index contributed by atoms with van der Waals surface area (Å²) in [4.78, 5) is 12.4. The predicted octanol–water partition coefficient (Wildman–Crippen LogP) is 0.960. The summed E-state index contributed by atoms with van der Waals surface area (Å²) in [5.74, 6) is -0.315. The van der Waals surface area contributed by atoms with Crippen LogP contribution in [-0.2, 0) is 9.84 Å². The SMILES string of the molecule is CC1CC(NC(=O)c2ccccc2S(C)(=O)=O)CCN1. The van der Waals surface area contributed by atoms with Crippen molar-refractivity contribution in [3.63, 3.8) is 0 Å². The molecule has 0 aliphatic carbocycles. The highest BCUT2D eigenvalue weighted by molar-refractivity contribution is 7.90. The molecule has 1 aromatic rings. The van der Waals surface area contributed by atoms with Crippen LogP contribution in [0.4, 0.5) is 0 Å². The second-order valence-corrected chi connectivity index (χ2v) is 7.30. The van der Waals surface area contributed by atoms with Gasteiger partial charge in [0.05, 0.1) is 10.5 Å². The summed E-state index contributed by atoms with van der Waals surface area (Å²) in [5.41, 5.74) is 0.223. The number of hydrogen-bond acceptors (Lipinski definition) is 4. The van der Waals surface area contributed by atoms with Gasteiger partial charge in [-0.2, -0.15) is 0 Å². The van der Waals surface area contributed by atoms with Gasteiger partial charge in [-0.15, -0.1) is 0 Å². The molecule has 6 heteroatoms. The first kappa shape index (κ1) is 15.0. The van der Waals surface area contributed by atoms with E-state index in [0.717, 1.165) is 25.6 Å². The molecule has 110 valence electrons. The van der Waals surface area contributed by atoms with E-state index in [1.54, 1.807) is 18.2 Å². The van der Waals surface area contributed by atoms with Crippen LogP contribution in [0, 0.1) is 0 Å². The van der Waals surface area contributed by atoms with Crippen LogP contribution in [0.3, 0.4) is 0 Å². The van der Waals surface area contributed by atoms with E-state index in [0.29, 0.717) is 6.04 Å². The van der Waals surface area contributed by atoms with Crippen LogP contribution in [0.5, 0.6) is 0 Å². The van der Waals surface area contributed by atoms with Crippen LogP contribution in [-0.4, -0.2) is 39.2 Å². The van der Waals surface area contributed by atoms with Gasteiger partial charge in [-0.05, 0) is 38.4 Å². The average Bonchev–Trinajstić information content (AvgIpc) is 2.37. The summed E-state index contributed by atoms with van der Waals surface area (Å²) in [6.45, 7) is 2.93. The van der Waals surface area contributed by atoms with Crippen molar-refractivity contribution in [3.8, 4) is 0 Å². The van der Waals surface area contributed by atoms with E-state index >= 15 is 0 Å². The van der Waals surface area contributed by atoms with Crippen LogP contribution in [0.1, 0.15) is 30.1 Å². The number of amides is 1. The largest absolute Gasteiger partial charge is 0.349 e. The molecule has 1 aliphatic rings. The van der Waals surface area contributed by atoms with Crippen molar-refractivity contribution >= 4 is 15.7 Å². The molecule has 1 saturated heterocycles. The third-order valence-electron chi connectivity index (χ3n) is 3.49. The van der Waals surface area contributed by atoms with Gasteiger partial charge in [-0.3, -0.25) is 4.79 Å². The molecule has 5 nitrogen and oxygen atoms in total. The van der Waals surface area contributed by atoms with Crippen LogP contribution >= 0.6 is 0 Å². The van der Waals surface area contributed by atoms with Crippen molar-refractivity contribution in [2.45, 2.75) is 36.7 Å². The maximum Gasteiger partial charge on any atom is 0.252 e. The summed E-state index contributed by atoms with van der Waals surface area (Å²) in [6.07, 6.45) is 2.83. The Morgan fingerprint density at radius 3 is 2.70 bits per heavy atom. The smallest absolute Gasteiger partial charge is 0.252 e. The second kappa shape index (κ2) is 5.93. The van der Waals surface area contributed by atoms with Gasteiger partial charge >= 0.3 is 0 Å². The fraction of sp³-hybridized carbons (Fsp3) is 0.500. The van der Waals surface area contributed by atoms with Gasteiger partial charge in [-0.25, -0.2) is 8.42 Å². The van der Waals surface area contributed by atoms with Gasteiger partial charge in [0, 0.05) is 18.3 Å². The zero-order valence-corrected chi connectivity index (χ0v) is 12.5. The molecule has 1 aliphatic heterocycles. The first-order valence-corrected chi connectivity index (χ1v) is 8.60. The van der Waals surface area contributed by atoms with Gasteiger partial charge in [0.25, 0.3) is 5.91 Å². The standard InChI is InChI=1S/C14H20N2O3S/c1-10-9-11(7-8-15-10)16-14(17)12-5-3-4-6-13(12)20(2,18)19/h3-6,10-11,15H,7-9H2,1-2H3,(H,16,17). The Kier molecular flexibility index (Phi) is 4.45. The molecule has 20 heavy (non-hydrogen) atoms. The fourth-order valence-electron chi connectivity index (χ4n) is 2.50. The molecule has 2 N–H and O–H groups in total. The van der Waals surface area contributed by atoms with E-state index < -0.39 is 9.84 Å². The minimum Gasteiger partial charge on any atom is -0.349 e. The van der Waals surface area contributed by atoms with Crippen molar-refractivity contribution in [3.05, 3.63) is 29.8 Å². The maximum absolute atomic E-state index is 12.3. The molecule has 0 bridgehead atoms. The quantitative estimate of drug-likeness (QED) is 0.871. The highest BCUT2D eigenvalue weighted by Crippen LogP contribution is 2.16. The van der Waals surface area contributed by atoms with E-state index in [9.17, 15) is 13.2 Å². The van der Waals surface area contributed by atoms with E-state index in [1.807, 2.05) is 0 Å². The topological polar surface area (TPSA) is 75.3 Å². The van der Waals surface area contributed by atoms with E-state index in [-0.39, 0.29) is 22.4 Å². The van der Waals surface area contributed by atoms with Crippen LogP contribution < -0.4 is 10.6 Å². The van der Waals surface area contributed by atoms with Crippen LogP contribution in [0.25, 0.3) is 0 Å². The Morgan fingerprint density at radius 2 is 2.05 bits per heavy atom. The summed E-state index contributed by atoms with van der Waals surface area (Å²) < 4.78 is 23.4. The number of carbonyl (C=O) groups is 1. The molecule has 2 unspecified atom stereocenters. The third-order valence-corrected chi connectivity index (χ3v) is 4.64. The summed E-state index contributed by atoms with van der Waals surface area (Å²) in [5, 5.41) is 6.25. The van der Waals surface area contributed by atoms with E-state index in [2.05, 4.69) is 17.6 Å². The van der Waals surface area contributed by atoms with Crippen LogP contribution in [0.15, 0.2) is 29.2 Å². The minimum atomic E-state index is -3.40. The molecule has 1 amide bonds. The Morgan fingerprint density at radius 1 is 1.35 bits per heavy atom. The Labute approximate surface area is 119 Å². The van der Waals surface area contributed by atoms with E-state index in [4.69, 9.17) is 0 Å². The highest BCUT2D eigenvalue weighted by atomic mass is 32.2. The molecule has 1 heterocycles. The van der Waals surface area contributed by atoms with Crippen LogP contribution in [0.2, 0.25) is 0 Å². The van der Waals surface area contributed by atoms with Crippen molar-refractivity contribution < 1.29 is 13.2 Å². The summed E-state index contributed by atoms with van der Waals surface area (Å²) in [6, 6.07) is 6.77. The number of benzene rings is 1. The Balaban J connectivity index is 2.18. The van der Waals surface area contributed by atoms with Crippen molar-refractivity contribution in [1.82, 2.24) is 10.6 Å². The van der Waals surface area contributed by atoms with Crippen molar-refractivity contribution in [2.75, 3.05) is 12.8 Å². The van der Waals surface area contributed by atoms with E-state index in [1.165, 1.54) is 6.07 Å². The average molecular weight is 296 g/mol. The monoisotopic (exact) mass is 296 g/mol. The Hall–Kier alpha value is -1.40. The molecule has 0 saturated carbocycles. The molecular formula is C14H20N2O3S. The number of hydrogen-bond donors (Lipinski definition) is 2. The lowest BCUT2D eigenvalue weighted by Crippen LogP contribution is -2.46. The van der Waals surface area contributed by atoms with Gasteiger partial charge in [0.2, 0.25) is 0 Å². The molecule has 0 spiro atoms. The molecule has 2 rings (SSSR count). The zero-order valence-electron chi connectivity index (χ0n) is 11.7. The number of carbonyl (C=O) groups excluding carboxylic acids is 1. The number of nitrogens with one attached hydrogen (secondary N) is 2. The maximum atomic E-state index is 12.3. The predicted molar refractivity (Wildman–Crippen MR) is 77.5 cm³/mol. The van der Waals surface area contributed by atoms with Crippen molar-refractivity contribution in [2.24, 2.45) is 0 Å². The molecule has 1 fully saturated rings. The molecular weight excluding hydrogens is 276 g/mol. The molecule has 0 radical (unpaired) electrons. The number of sulfone groups is 1. The van der Waals surface area contributed by atoms with Gasteiger partial charge in [-0.1, -0.05) is 12.1 Å². The minimum absolute atomic E-state index is 0.0829. The first-order chi connectivity index (χ1) is 9.38. The molecule has 1 aromatic carbocycles. The first-order valence-electron chi connectivity index (χ1n) is 6.71. The second-order valence-electron chi connectivity index (χ2n) is 5.32. The number of rotatable bonds is 3. The van der Waals surface area contributed by atoms with Gasteiger partial charge < -0.3 is 10.6 Å². The lowest BCUT2D eigenvalue weighted by atomic mass is 10.0. The summed E-state index contributed by atoms with van der Waals surface area (Å²) in [7, 11) is -3.40. The van der Waals surface area contributed by atoms with Gasteiger partial charge in [0.1, 0.15) is 0 Å². The zero-order chi connectivity index (χ0) is 14.8. The van der Waals surface area contributed by atoms with Gasteiger partial charge in [0.15, 0.2) is 9.84 Å². The molecule has 0 aromatic heterocycles. The van der Waals surface area contributed by atoms with Crippen molar-refractivity contribution in [1.29, 1.82) is 0 Å². The summed E-state index contributed by atoms with van der Waals surface area (Å²) >= 11 is 0. The molecule has 2 atom stereocenters. The fourth-order valence-corrected chi connectivity index (χ4v) is 3.39. The lowest BCUT2D eigenvalue weighted by molar-refractivity contribution is 0.0922. The lowest BCUT2D eigenvalue weighted by Gasteiger charge is -2.28. The Bertz CT molecular complexity index is 598.